The second kappa shape index (κ2) is 6.76. The van der Waals surface area contributed by atoms with Gasteiger partial charge in [-0.2, -0.15) is 0 Å². The van der Waals surface area contributed by atoms with Crippen LogP contribution in [0.4, 0.5) is 0 Å². The van der Waals surface area contributed by atoms with Crippen LogP contribution < -0.4 is 0 Å². The summed E-state index contributed by atoms with van der Waals surface area (Å²) in [6.07, 6.45) is 1.53. The maximum Gasteiger partial charge on any atom is 0.252 e. The lowest BCUT2D eigenvalue weighted by atomic mass is 9.82. The molecule has 2 atom stereocenters. The largest absolute Gasteiger partial charge is 0.464 e. The molecule has 3 aliphatic rings. The maximum atomic E-state index is 13.5. The van der Waals surface area contributed by atoms with Crippen LogP contribution in [0.3, 0.4) is 0 Å². The predicted octanol–water partition coefficient (Wildman–Crippen LogP) is 0.542. The fraction of sp³-hybridized carbons (Fsp3) is 0.476. The first-order chi connectivity index (χ1) is 14.0. The number of aryl methyl sites for hydroxylation is 1. The Morgan fingerprint density at radius 2 is 2.03 bits per heavy atom. The van der Waals surface area contributed by atoms with Gasteiger partial charge in [-0.05, 0) is 37.6 Å². The third kappa shape index (κ3) is 2.99. The topological polar surface area (TPSA) is 90.1 Å². The van der Waals surface area contributed by atoms with Crippen LogP contribution >= 0.6 is 0 Å². The van der Waals surface area contributed by atoms with E-state index < -0.39 is 17.7 Å². The Balaban J connectivity index is 1.39. The minimum atomic E-state index is -0.771. The molecule has 3 aliphatic heterocycles. The summed E-state index contributed by atoms with van der Waals surface area (Å²) in [7, 11) is 0. The van der Waals surface area contributed by atoms with Gasteiger partial charge in [-0.15, -0.1) is 0 Å². The number of nitrogens with zero attached hydrogens (tertiary/aromatic N) is 4. The van der Waals surface area contributed by atoms with Gasteiger partial charge in [-0.25, -0.2) is 0 Å². The molecule has 5 heterocycles. The quantitative estimate of drug-likeness (QED) is 0.755. The van der Waals surface area contributed by atoms with Crippen LogP contribution in [0.25, 0.3) is 0 Å². The highest BCUT2D eigenvalue weighted by atomic mass is 16.3. The van der Waals surface area contributed by atoms with Crippen molar-refractivity contribution in [2.24, 2.45) is 0 Å². The number of aromatic nitrogens is 1. The van der Waals surface area contributed by atoms with E-state index >= 15 is 0 Å². The SMILES string of the molecule is Cc1ccc(CN2C(=O)[C@@H]3C[C@@H](O)CN3C3(CN(Cc4ccccn4)C3)C2=O)o1. The van der Waals surface area contributed by atoms with Gasteiger partial charge in [0.05, 0.1) is 24.4 Å². The number of amides is 2. The maximum absolute atomic E-state index is 13.5. The van der Waals surface area contributed by atoms with Crippen LogP contribution in [0.2, 0.25) is 0 Å². The molecule has 0 radical (unpaired) electrons. The summed E-state index contributed by atoms with van der Waals surface area (Å²) in [4.78, 5) is 36.3. The van der Waals surface area contributed by atoms with Crippen molar-refractivity contribution in [1.82, 2.24) is 19.7 Å². The number of hydrogen-bond acceptors (Lipinski definition) is 7. The summed E-state index contributed by atoms with van der Waals surface area (Å²) < 4.78 is 5.61. The minimum absolute atomic E-state index is 0.133. The number of carbonyl (C=O) groups excluding carboxylic acids is 2. The van der Waals surface area contributed by atoms with E-state index in [4.69, 9.17) is 4.42 Å². The number of likely N-dealkylation sites (tertiary alicyclic amines) is 1. The number of furan rings is 1. The molecule has 5 rings (SSSR count). The average molecular weight is 396 g/mol. The normalized spacial score (nSPS) is 26.8. The van der Waals surface area contributed by atoms with E-state index in [1.54, 1.807) is 12.3 Å². The molecule has 0 unspecified atom stereocenters. The predicted molar refractivity (Wildman–Crippen MR) is 102 cm³/mol. The molecule has 152 valence electrons. The lowest BCUT2D eigenvalue weighted by Gasteiger charge is -2.58. The first-order valence-electron chi connectivity index (χ1n) is 9.94. The summed E-state index contributed by atoms with van der Waals surface area (Å²) >= 11 is 0. The van der Waals surface area contributed by atoms with Crippen molar-refractivity contribution in [2.45, 2.75) is 44.1 Å². The molecule has 0 saturated carbocycles. The number of rotatable bonds is 4. The number of β-amino-alcohol motifs (C(OH)–C–C–N with tert-alkyl or cyclic N) is 1. The van der Waals surface area contributed by atoms with E-state index in [1.807, 2.05) is 36.1 Å². The molecule has 29 heavy (non-hydrogen) atoms. The highest BCUT2D eigenvalue weighted by molar-refractivity contribution is 6.06. The Hall–Kier alpha value is -2.55. The van der Waals surface area contributed by atoms with E-state index in [1.165, 1.54) is 4.90 Å². The Kier molecular flexibility index (Phi) is 4.31. The van der Waals surface area contributed by atoms with Crippen LogP contribution in [0.15, 0.2) is 40.9 Å². The molecule has 8 nitrogen and oxygen atoms in total. The Morgan fingerprint density at radius 3 is 2.72 bits per heavy atom. The Bertz CT molecular complexity index is 937. The second-order valence-electron chi connectivity index (χ2n) is 8.30. The number of aliphatic hydroxyl groups excluding tert-OH is 1. The van der Waals surface area contributed by atoms with Crippen molar-refractivity contribution in [3.05, 3.63) is 53.7 Å². The summed E-state index contributed by atoms with van der Waals surface area (Å²) in [5.74, 6) is 0.902. The third-order valence-electron chi connectivity index (χ3n) is 6.22. The van der Waals surface area contributed by atoms with Crippen molar-refractivity contribution in [1.29, 1.82) is 0 Å². The van der Waals surface area contributed by atoms with E-state index in [2.05, 4.69) is 9.88 Å². The molecular formula is C21H24N4O4. The molecule has 1 N–H and O–H groups in total. The van der Waals surface area contributed by atoms with Crippen molar-refractivity contribution in [3.8, 4) is 0 Å². The molecule has 2 amide bonds. The van der Waals surface area contributed by atoms with Gasteiger partial charge in [0, 0.05) is 32.4 Å². The van der Waals surface area contributed by atoms with Crippen LogP contribution in [0.5, 0.6) is 0 Å². The van der Waals surface area contributed by atoms with Gasteiger partial charge in [0.15, 0.2) is 0 Å². The monoisotopic (exact) mass is 396 g/mol. The standard InChI is InChI=1S/C21H24N4O4/c1-14-5-6-17(29-14)11-24-19(27)18-8-16(26)10-25(18)21(20(24)28)12-23(13-21)9-15-4-2-3-7-22-15/h2-7,16,18,26H,8-13H2,1H3/t16-,18+/m1/s1. The number of aliphatic hydroxyl groups is 1. The molecule has 2 aromatic heterocycles. The number of carbonyl (C=O) groups is 2. The van der Waals surface area contributed by atoms with E-state index in [9.17, 15) is 14.7 Å². The molecule has 8 heteroatoms. The van der Waals surface area contributed by atoms with Crippen molar-refractivity contribution in [2.75, 3.05) is 19.6 Å². The number of pyridine rings is 1. The summed E-state index contributed by atoms with van der Waals surface area (Å²) in [5.41, 5.74) is 0.176. The molecule has 0 aromatic carbocycles. The fourth-order valence-corrected chi connectivity index (χ4v) is 4.89. The van der Waals surface area contributed by atoms with Crippen LogP contribution in [-0.2, 0) is 22.7 Å². The number of imide groups is 1. The first-order valence-corrected chi connectivity index (χ1v) is 9.94. The molecular weight excluding hydrogens is 372 g/mol. The molecule has 0 bridgehead atoms. The number of fused-ring (bicyclic) bond motifs is 2. The smallest absolute Gasteiger partial charge is 0.252 e. The first kappa shape index (κ1) is 18.5. The van der Waals surface area contributed by atoms with Gasteiger partial charge in [0.2, 0.25) is 5.91 Å². The highest BCUT2D eigenvalue weighted by Crippen LogP contribution is 2.41. The van der Waals surface area contributed by atoms with Crippen LogP contribution in [-0.4, -0.2) is 73.9 Å². The molecule has 0 aliphatic carbocycles. The lowest BCUT2D eigenvalue weighted by molar-refractivity contribution is -0.181. The zero-order valence-corrected chi connectivity index (χ0v) is 16.3. The zero-order valence-electron chi connectivity index (χ0n) is 16.3. The highest BCUT2D eigenvalue weighted by Gasteiger charge is 2.64. The van der Waals surface area contributed by atoms with Gasteiger partial charge >= 0.3 is 0 Å². The van der Waals surface area contributed by atoms with Gasteiger partial charge in [-0.3, -0.25) is 29.3 Å². The van der Waals surface area contributed by atoms with Crippen molar-refractivity contribution in [3.63, 3.8) is 0 Å². The molecule has 3 saturated heterocycles. The molecule has 2 aromatic rings. The van der Waals surface area contributed by atoms with E-state index in [-0.39, 0.29) is 18.4 Å². The summed E-state index contributed by atoms with van der Waals surface area (Å²) in [5, 5.41) is 10.2. The van der Waals surface area contributed by atoms with E-state index in [0.717, 1.165) is 11.5 Å². The van der Waals surface area contributed by atoms with Crippen molar-refractivity contribution >= 4 is 11.8 Å². The minimum Gasteiger partial charge on any atom is -0.464 e. The summed E-state index contributed by atoms with van der Waals surface area (Å²) in [6, 6.07) is 8.95. The third-order valence-corrected chi connectivity index (χ3v) is 6.22. The van der Waals surface area contributed by atoms with Gasteiger partial charge in [0.25, 0.3) is 5.91 Å². The van der Waals surface area contributed by atoms with Gasteiger partial charge in [-0.1, -0.05) is 6.07 Å². The second-order valence-corrected chi connectivity index (χ2v) is 8.30. The number of hydrogen-bond donors (Lipinski definition) is 1. The fourth-order valence-electron chi connectivity index (χ4n) is 4.89. The van der Waals surface area contributed by atoms with Gasteiger partial charge in [0.1, 0.15) is 17.1 Å². The average Bonchev–Trinajstić information content (AvgIpc) is 3.27. The lowest BCUT2D eigenvalue weighted by Crippen LogP contribution is -2.81. The summed E-state index contributed by atoms with van der Waals surface area (Å²) in [6.45, 7) is 4.02. The molecule has 3 fully saturated rings. The van der Waals surface area contributed by atoms with Crippen LogP contribution in [0, 0.1) is 6.92 Å². The zero-order chi connectivity index (χ0) is 20.2. The Morgan fingerprint density at radius 1 is 1.21 bits per heavy atom. The number of piperazine rings is 1. The van der Waals surface area contributed by atoms with Gasteiger partial charge < -0.3 is 9.52 Å². The molecule has 1 spiro atoms. The van der Waals surface area contributed by atoms with Crippen LogP contribution in [0.1, 0.15) is 23.6 Å². The Labute approximate surface area is 168 Å². The van der Waals surface area contributed by atoms with Crippen molar-refractivity contribution < 1.29 is 19.1 Å². The van der Waals surface area contributed by atoms with E-state index in [0.29, 0.717) is 38.4 Å².